The van der Waals surface area contributed by atoms with E-state index in [-0.39, 0.29) is 12.6 Å². The van der Waals surface area contributed by atoms with E-state index in [1.54, 1.807) is 0 Å². The third kappa shape index (κ3) is 4.77. The number of rotatable bonds is 7. The third-order valence-corrected chi connectivity index (χ3v) is 3.16. The molecule has 0 aromatic heterocycles. The van der Waals surface area contributed by atoms with Gasteiger partial charge in [-0.1, -0.05) is 0 Å². The highest BCUT2D eigenvalue weighted by atomic mass is 16.5. The minimum Gasteiger partial charge on any atom is -0.394 e. The minimum absolute atomic E-state index is 0.112. The lowest BCUT2D eigenvalue weighted by Gasteiger charge is -2.28. The molecule has 18 heavy (non-hydrogen) atoms. The molecule has 7 heteroatoms. The van der Waals surface area contributed by atoms with Crippen LogP contribution in [0.1, 0.15) is 12.8 Å². The molecule has 0 aliphatic carbocycles. The number of aliphatic hydroxyl groups is 5. The average molecular weight is 265 g/mol. The van der Waals surface area contributed by atoms with Crippen molar-refractivity contribution in [1.82, 2.24) is 5.32 Å². The van der Waals surface area contributed by atoms with Crippen LogP contribution in [-0.4, -0.2) is 82.4 Å². The Bertz CT molecular complexity index is 224. The lowest BCUT2D eigenvalue weighted by Crippen LogP contribution is -2.50. The molecule has 4 atom stereocenters. The third-order valence-electron chi connectivity index (χ3n) is 3.16. The monoisotopic (exact) mass is 265 g/mol. The van der Waals surface area contributed by atoms with Crippen molar-refractivity contribution in [2.45, 2.75) is 43.3 Å². The SMILES string of the molecule is OC[C@@H](O)[C@@H](O)[C@H](O)[C@@H](O)CNC1CCOCC1. The molecular formula is C11H23NO6. The molecule has 0 radical (unpaired) electrons. The number of hydrogen-bond acceptors (Lipinski definition) is 7. The Morgan fingerprint density at radius 2 is 1.56 bits per heavy atom. The van der Waals surface area contributed by atoms with Gasteiger partial charge in [0.15, 0.2) is 0 Å². The zero-order valence-electron chi connectivity index (χ0n) is 10.3. The number of aliphatic hydroxyl groups excluding tert-OH is 5. The van der Waals surface area contributed by atoms with Crippen LogP contribution in [0.15, 0.2) is 0 Å². The van der Waals surface area contributed by atoms with Gasteiger partial charge in [0.25, 0.3) is 0 Å². The Morgan fingerprint density at radius 1 is 1.00 bits per heavy atom. The molecule has 1 fully saturated rings. The molecule has 0 bridgehead atoms. The van der Waals surface area contributed by atoms with E-state index < -0.39 is 31.0 Å². The summed E-state index contributed by atoms with van der Waals surface area (Å²) in [6.07, 6.45) is -4.06. The van der Waals surface area contributed by atoms with Gasteiger partial charge in [0.05, 0.1) is 12.7 Å². The number of nitrogens with one attached hydrogen (secondary N) is 1. The quantitative estimate of drug-likeness (QED) is 0.294. The van der Waals surface area contributed by atoms with Gasteiger partial charge >= 0.3 is 0 Å². The maximum Gasteiger partial charge on any atom is 0.111 e. The van der Waals surface area contributed by atoms with Crippen molar-refractivity contribution >= 4 is 0 Å². The maximum atomic E-state index is 9.67. The smallest absolute Gasteiger partial charge is 0.111 e. The first-order valence-corrected chi connectivity index (χ1v) is 6.20. The molecule has 1 rings (SSSR count). The van der Waals surface area contributed by atoms with E-state index in [1.807, 2.05) is 0 Å². The number of ether oxygens (including phenoxy) is 1. The van der Waals surface area contributed by atoms with E-state index in [1.165, 1.54) is 0 Å². The predicted molar refractivity (Wildman–Crippen MR) is 63.0 cm³/mol. The van der Waals surface area contributed by atoms with Crippen LogP contribution in [0.2, 0.25) is 0 Å². The van der Waals surface area contributed by atoms with E-state index in [0.717, 1.165) is 12.8 Å². The van der Waals surface area contributed by atoms with Gasteiger partial charge in [-0.25, -0.2) is 0 Å². The first-order chi connectivity index (χ1) is 8.56. The van der Waals surface area contributed by atoms with Crippen LogP contribution in [0, 0.1) is 0 Å². The molecule has 1 saturated heterocycles. The molecule has 0 saturated carbocycles. The fourth-order valence-corrected chi connectivity index (χ4v) is 1.87. The van der Waals surface area contributed by atoms with Gasteiger partial charge in [-0.2, -0.15) is 0 Å². The highest BCUT2D eigenvalue weighted by molar-refractivity contribution is 4.83. The molecule has 1 heterocycles. The molecule has 108 valence electrons. The molecule has 0 unspecified atom stereocenters. The van der Waals surface area contributed by atoms with Crippen molar-refractivity contribution in [2.24, 2.45) is 0 Å². The normalized spacial score (nSPS) is 24.5. The van der Waals surface area contributed by atoms with E-state index in [0.29, 0.717) is 13.2 Å². The first-order valence-electron chi connectivity index (χ1n) is 6.20. The van der Waals surface area contributed by atoms with Crippen molar-refractivity contribution in [3.63, 3.8) is 0 Å². The Morgan fingerprint density at radius 3 is 2.11 bits per heavy atom. The lowest BCUT2D eigenvalue weighted by atomic mass is 10.0. The van der Waals surface area contributed by atoms with Crippen molar-refractivity contribution in [1.29, 1.82) is 0 Å². The van der Waals surface area contributed by atoms with E-state index in [9.17, 15) is 15.3 Å². The minimum atomic E-state index is -1.57. The van der Waals surface area contributed by atoms with Crippen LogP contribution in [-0.2, 0) is 4.74 Å². The summed E-state index contributed by atoms with van der Waals surface area (Å²) in [4.78, 5) is 0. The van der Waals surface area contributed by atoms with Crippen LogP contribution < -0.4 is 5.32 Å². The Kier molecular flexibility index (Phi) is 7.02. The van der Waals surface area contributed by atoms with Gasteiger partial charge in [0.2, 0.25) is 0 Å². The topological polar surface area (TPSA) is 122 Å². The average Bonchev–Trinajstić information content (AvgIpc) is 2.43. The fraction of sp³-hybridized carbons (Fsp3) is 1.00. The zero-order chi connectivity index (χ0) is 13.5. The Labute approximate surface area is 106 Å². The summed E-state index contributed by atoms with van der Waals surface area (Å²) < 4.78 is 5.19. The summed E-state index contributed by atoms with van der Waals surface area (Å²) in [5.74, 6) is 0. The molecule has 1 aliphatic rings. The summed E-state index contributed by atoms with van der Waals surface area (Å²) in [5.41, 5.74) is 0. The summed E-state index contributed by atoms with van der Waals surface area (Å²) in [5, 5.41) is 49.5. The molecule has 0 spiro atoms. The number of hydrogen-bond donors (Lipinski definition) is 6. The van der Waals surface area contributed by atoms with Gasteiger partial charge in [0, 0.05) is 25.8 Å². The molecule has 6 N–H and O–H groups in total. The first kappa shape index (κ1) is 15.8. The molecule has 1 aliphatic heterocycles. The molecule has 7 nitrogen and oxygen atoms in total. The van der Waals surface area contributed by atoms with Crippen LogP contribution in [0.5, 0.6) is 0 Å². The van der Waals surface area contributed by atoms with E-state index >= 15 is 0 Å². The van der Waals surface area contributed by atoms with E-state index in [4.69, 9.17) is 14.9 Å². The van der Waals surface area contributed by atoms with Gasteiger partial charge in [0.1, 0.15) is 18.3 Å². The van der Waals surface area contributed by atoms with E-state index in [2.05, 4.69) is 5.32 Å². The Balaban J connectivity index is 2.27. The van der Waals surface area contributed by atoms with Crippen LogP contribution >= 0.6 is 0 Å². The van der Waals surface area contributed by atoms with Gasteiger partial charge in [-0.05, 0) is 12.8 Å². The molecular weight excluding hydrogens is 242 g/mol. The summed E-state index contributed by atoms with van der Waals surface area (Å²) >= 11 is 0. The summed E-state index contributed by atoms with van der Waals surface area (Å²) in [6.45, 7) is 0.781. The van der Waals surface area contributed by atoms with Gasteiger partial charge in [-0.15, -0.1) is 0 Å². The Hall–Kier alpha value is -0.280. The fourth-order valence-electron chi connectivity index (χ4n) is 1.87. The molecule has 0 aromatic carbocycles. The summed E-state index contributed by atoms with van der Waals surface area (Å²) in [7, 11) is 0. The summed E-state index contributed by atoms with van der Waals surface area (Å²) in [6, 6.07) is 0.223. The largest absolute Gasteiger partial charge is 0.394 e. The van der Waals surface area contributed by atoms with Crippen molar-refractivity contribution in [3.05, 3.63) is 0 Å². The maximum absolute atomic E-state index is 9.67. The lowest BCUT2D eigenvalue weighted by molar-refractivity contribution is -0.114. The second-order valence-corrected chi connectivity index (χ2v) is 4.59. The predicted octanol–water partition coefficient (Wildman–Crippen LogP) is -2.81. The van der Waals surface area contributed by atoms with Crippen molar-refractivity contribution in [2.75, 3.05) is 26.4 Å². The van der Waals surface area contributed by atoms with Crippen LogP contribution in [0.3, 0.4) is 0 Å². The van der Waals surface area contributed by atoms with Gasteiger partial charge in [-0.3, -0.25) is 0 Å². The zero-order valence-corrected chi connectivity index (χ0v) is 10.3. The standard InChI is InChI=1S/C11H23NO6/c13-6-9(15)11(17)10(16)8(14)5-12-7-1-3-18-4-2-7/h7-17H,1-6H2/t8-,9+,10+,11+/m0/s1. The second kappa shape index (κ2) is 8.00. The molecule has 0 aromatic rings. The van der Waals surface area contributed by atoms with Gasteiger partial charge < -0.3 is 35.6 Å². The highest BCUT2D eigenvalue weighted by Crippen LogP contribution is 2.08. The van der Waals surface area contributed by atoms with Crippen LogP contribution in [0.25, 0.3) is 0 Å². The molecule has 0 amide bonds. The van der Waals surface area contributed by atoms with Crippen molar-refractivity contribution in [3.8, 4) is 0 Å². The van der Waals surface area contributed by atoms with Crippen LogP contribution in [0.4, 0.5) is 0 Å². The van der Waals surface area contributed by atoms with Crippen molar-refractivity contribution < 1.29 is 30.3 Å². The second-order valence-electron chi connectivity index (χ2n) is 4.59. The highest BCUT2D eigenvalue weighted by Gasteiger charge is 2.30.